The van der Waals surface area contributed by atoms with E-state index in [-0.39, 0.29) is 23.6 Å². The van der Waals surface area contributed by atoms with E-state index in [2.05, 4.69) is 5.32 Å². The van der Waals surface area contributed by atoms with Crippen molar-refractivity contribution in [3.8, 4) is 11.5 Å². The molecular weight excluding hydrogens is 392 g/mol. The number of benzene rings is 2. The van der Waals surface area contributed by atoms with Crippen molar-refractivity contribution < 1.29 is 22.7 Å². The van der Waals surface area contributed by atoms with Crippen LogP contribution in [0, 0.1) is 0 Å². The zero-order chi connectivity index (χ0) is 20.4. The van der Waals surface area contributed by atoms with Crippen molar-refractivity contribution in [3.05, 3.63) is 53.6 Å². The fraction of sp³-hybridized carbons (Fsp3) is 0.381. The molecular formula is C21H24N2O5S. The number of carbonyl (C=O) groups excluding carboxylic acids is 1. The summed E-state index contributed by atoms with van der Waals surface area (Å²) in [6, 6.07) is 11.7. The number of carbonyl (C=O) groups is 1. The zero-order valence-electron chi connectivity index (χ0n) is 16.3. The minimum atomic E-state index is -3.62. The summed E-state index contributed by atoms with van der Waals surface area (Å²) >= 11 is 0. The summed E-state index contributed by atoms with van der Waals surface area (Å²) in [5.41, 5.74) is 1.19. The lowest BCUT2D eigenvalue weighted by Gasteiger charge is -2.32. The van der Waals surface area contributed by atoms with Gasteiger partial charge >= 0.3 is 0 Å². The Morgan fingerprint density at radius 2 is 1.97 bits per heavy atom. The van der Waals surface area contributed by atoms with Crippen LogP contribution >= 0.6 is 0 Å². The summed E-state index contributed by atoms with van der Waals surface area (Å²) in [6.07, 6.45) is 2.75. The molecule has 0 unspecified atom stereocenters. The average molecular weight is 416 g/mol. The lowest BCUT2D eigenvalue weighted by Crippen LogP contribution is -2.42. The number of sulfonamides is 1. The summed E-state index contributed by atoms with van der Waals surface area (Å²) in [5, 5.41) is 2.83. The van der Waals surface area contributed by atoms with Crippen LogP contribution in [0.3, 0.4) is 0 Å². The van der Waals surface area contributed by atoms with Crippen molar-refractivity contribution in [3.63, 3.8) is 0 Å². The summed E-state index contributed by atoms with van der Waals surface area (Å²) < 4.78 is 38.2. The standard InChI is InChI=1S/C21H24N2O5S/c1-15-5-2-3-10-23(15)29(25,26)18-7-4-6-17(12-18)21(24)22-13-16-8-9-19-20(11-16)28-14-27-19/h4,6-9,11-12,15H,2-3,5,10,13-14H2,1H3,(H,22,24)/t15-/m1/s1. The Labute approximate surface area is 170 Å². The van der Waals surface area contributed by atoms with Crippen molar-refractivity contribution >= 4 is 15.9 Å². The first-order chi connectivity index (χ1) is 13.9. The molecule has 1 fully saturated rings. The highest BCUT2D eigenvalue weighted by Crippen LogP contribution is 2.32. The number of piperidine rings is 1. The number of rotatable bonds is 5. The summed E-state index contributed by atoms with van der Waals surface area (Å²) in [7, 11) is -3.62. The molecule has 2 aliphatic heterocycles. The van der Waals surface area contributed by atoms with E-state index in [0.29, 0.717) is 30.2 Å². The first-order valence-electron chi connectivity index (χ1n) is 9.74. The topological polar surface area (TPSA) is 84.9 Å². The van der Waals surface area contributed by atoms with Crippen molar-refractivity contribution in [1.29, 1.82) is 0 Å². The number of amides is 1. The lowest BCUT2D eigenvalue weighted by atomic mass is 10.1. The molecule has 0 spiro atoms. The summed E-state index contributed by atoms with van der Waals surface area (Å²) in [4.78, 5) is 12.8. The molecule has 2 heterocycles. The van der Waals surface area contributed by atoms with Gasteiger partial charge in [-0.1, -0.05) is 18.6 Å². The van der Waals surface area contributed by atoms with Gasteiger partial charge < -0.3 is 14.8 Å². The number of ether oxygens (including phenoxy) is 2. The molecule has 8 heteroatoms. The van der Waals surface area contributed by atoms with Crippen LogP contribution in [0.15, 0.2) is 47.4 Å². The third kappa shape index (κ3) is 4.09. The van der Waals surface area contributed by atoms with Gasteiger partial charge in [0.1, 0.15) is 0 Å². The number of fused-ring (bicyclic) bond motifs is 1. The SMILES string of the molecule is C[C@@H]1CCCCN1S(=O)(=O)c1cccc(C(=O)NCc2ccc3c(c2)OCO3)c1. The van der Waals surface area contributed by atoms with Crippen molar-refractivity contribution in [2.75, 3.05) is 13.3 Å². The van der Waals surface area contributed by atoms with E-state index in [1.54, 1.807) is 28.6 Å². The maximum absolute atomic E-state index is 13.0. The van der Waals surface area contributed by atoms with E-state index < -0.39 is 10.0 Å². The molecule has 4 rings (SSSR count). The zero-order valence-corrected chi connectivity index (χ0v) is 17.1. The van der Waals surface area contributed by atoms with E-state index in [1.165, 1.54) is 6.07 Å². The van der Waals surface area contributed by atoms with Crippen LogP contribution in [-0.4, -0.2) is 38.0 Å². The molecule has 154 valence electrons. The predicted molar refractivity (Wildman–Crippen MR) is 107 cm³/mol. The molecule has 0 aliphatic carbocycles. The maximum atomic E-state index is 13.0. The van der Waals surface area contributed by atoms with Gasteiger partial charge in [-0.3, -0.25) is 4.79 Å². The van der Waals surface area contributed by atoms with Crippen LogP contribution in [0.2, 0.25) is 0 Å². The van der Waals surface area contributed by atoms with Gasteiger partial charge in [0.05, 0.1) is 4.90 Å². The number of nitrogens with one attached hydrogen (secondary N) is 1. The third-order valence-corrected chi connectivity index (χ3v) is 7.34. The molecule has 7 nitrogen and oxygen atoms in total. The quantitative estimate of drug-likeness (QED) is 0.810. The van der Waals surface area contributed by atoms with E-state index in [1.807, 2.05) is 19.1 Å². The van der Waals surface area contributed by atoms with Crippen LogP contribution in [0.1, 0.15) is 42.1 Å². The van der Waals surface area contributed by atoms with Crippen molar-refractivity contribution in [2.45, 2.75) is 43.7 Å². The Hall–Kier alpha value is -2.58. The van der Waals surface area contributed by atoms with Crippen LogP contribution in [0.4, 0.5) is 0 Å². The Morgan fingerprint density at radius 1 is 1.14 bits per heavy atom. The smallest absolute Gasteiger partial charge is 0.251 e. The summed E-state index contributed by atoms with van der Waals surface area (Å²) in [5.74, 6) is 1.01. The second-order valence-electron chi connectivity index (χ2n) is 7.36. The maximum Gasteiger partial charge on any atom is 0.251 e. The van der Waals surface area contributed by atoms with E-state index in [4.69, 9.17) is 9.47 Å². The molecule has 1 amide bonds. The Bertz CT molecular complexity index is 1020. The van der Waals surface area contributed by atoms with Gasteiger partial charge in [-0.2, -0.15) is 4.31 Å². The molecule has 2 aliphatic rings. The molecule has 1 N–H and O–H groups in total. The summed E-state index contributed by atoms with van der Waals surface area (Å²) in [6.45, 7) is 2.94. The minimum Gasteiger partial charge on any atom is -0.454 e. The molecule has 0 aromatic heterocycles. The van der Waals surface area contributed by atoms with Gasteiger partial charge in [0, 0.05) is 24.7 Å². The van der Waals surface area contributed by atoms with Crippen LogP contribution in [0.5, 0.6) is 11.5 Å². The van der Waals surface area contributed by atoms with E-state index >= 15 is 0 Å². The highest BCUT2D eigenvalue weighted by Gasteiger charge is 2.31. The van der Waals surface area contributed by atoms with Gasteiger partial charge in [0.15, 0.2) is 11.5 Å². The largest absolute Gasteiger partial charge is 0.454 e. The Balaban J connectivity index is 1.47. The molecule has 1 saturated heterocycles. The number of hydrogen-bond acceptors (Lipinski definition) is 5. The average Bonchev–Trinajstić information content (AvgIpc) is 3.20. The van der Waals surface area contributed by atoms with Gasteiger partial charge in [0.2, 0.25) is 16.8 Å². The first-order valence-corrected chi connectivity index (χ1v) is 11.2. The molecule has 29 heavy (non-hydrogen) atoms. The minimum absolute atomic E-state index is 0.0303. The normalized spacial score (nSPS) is 19.1. The molecule has 1 atom stereocenters. The fourth-order valence-corrected chi connectivity index (χ4v) is 5.44. The van der Waals surface area contributed by atoms with E-state index in [0.717, 1.165) is 24.8 Å². The number of nitrogens with zero attached hydrogens (tertiary/aromatic N) is 1. The molecule has 2 aromatic carbocycles. The molecule has 0 saturated carbocycles. The van der Waals surface area contributed by atoms with Crippen LogP contribution in [-0.2, 0) is 16.6 Å². The predicted octanol–water partition coefficient (Wildman–Crippen LogP) is 2.91. The van der Waals surface area contributed by atoms with Gasteiger partial charge in [-0.25, -0.2) is 8.42 Å². The second-order valence-corrected chi connectivity index (χ2v) is 9.25. The molecule has 0 bridgehead atoms. The van der Waals surface area contributed by atoms with Crippen molar-refractivity contribution in [2.24, 2.45) is 0 Å². The monoisotopic (exact) mass is 416 g/mol. The van der Waals surface area contributed by atoms with Gasteiger partial charge in [0.25, 0.3) is 5.91 Å². The highest BCUT2D eigenvalue weighted by atomic mass is 32.2. The second kappa shape index (κ2) is 8.04. The third-order valence-electron chi connectivity index (χ3n) is 5.33. The Kier molecular flexibility index (Phi) is 5.47. The first kappa shape index (κ1) is 19.7. The highest BCUT2D eigenvalue weighted by molar-refractivity contribution is 7.89. The fourth-order valence-electron chi connectivity index (χ4n) is 3.70. The Morgan fingerprint density at radius 3 is 2.79 bits per heavy atom. The van der Waals surface area contributed by atoms with Crippen molar-refractivity contribution in [1.82, 2.24) is 9.62 Å². The lowest BCUT2D eigenvalue weighted by molar-refractivity contribution is 0.0950. The van der Waals surface area contributed by atoms with Gasteiger partial charge in [-0.15, -0.1) is 0 Å². The molecule has 0 radical (unpaired) electrons. The van der Waals surface area contributed by atoms with E-state index in [9.17, 15) is 13.2 Å². The van der Waals surface area contributed by atoms with Crippen LogP contribution in [0.25, 0.3) is 0 Å². The number of hydrogen-bond donors (Lipinski definition) is 1. The molecule has 2 aromatic rings. The van der Waals surface area contributed by atoms with Gasteiger partial charge in [-0.05, 0) is 55.7 Å². The van der Waals surface area contributed by atoms with Crippen LogP contribution < -0.4 is 14.8 Å².